The minimum Gasteiger partial charge on any atom is -0.309 e. The lowest BCUT2D eigenvalue weighted by Crippen LogP contribution is -2.19. The van der Waals surface area contributed by atoms with E-state index in [4.69, 9.17) is 0 Å². The molecule has 1 aromatic heterocycles. The fourth-order valence-corrected chi connectivity index (χ4v) is 1.78. The van der Waals surface area contributed by atoms with E-state index in [-0.39, 0.29) is 5.41 Å². The van der Waals surface area contributed by atoms with E-state index < -0.39 is 0 Å². The van der Waals surface area contributed by atoms with Crippen molar-refractivity contribution in [3.63, 3.8) is 0 Å². The number of aromatic nitrogens is 2. The number of rotatable bonds is 4. The van der Waals surface area contributed by atoms with Gasteiger partial charge in [0.15, 0.2) is 0 Å². The molecule has 0 atom stereocenters. The summed E-state index contributed by atoms with van der Waals surface area (Å²) in [4.78, 5) is 0. The fourth-order valence-electron chi connectivity index (χ4n) is 1.78. The zero-order valence-corrected chi connectivity index (χ0v) is 12.0. The summed E-state index contributed by atoms with van der Waals surface area (Å²) in [7, 11) is 1.98. The first-order chi connectivity index (χ1) is 7.80. The zero-order chi connectivity index (χ0) is 13.1. The quantitative estimate of drug-likeness (QED) is 0.642. The first kappa shape index (κ1) is 14.0. The van der Waals surface area contributed by atoms with Gasteiger partial charge >= 0.3 is 0 Å². The molecule has 0 spiro atoms. The molecule has 0 saturated carbocycles. The summed E-state index contributed by atoms with van der Waals surface area (Å²) in [5, 5.41) is 7.99. The van der Waals surface area contributed by atoms with E-state index in [1.54, 1.807) is 0 Å². The standard InChI is InChI=1S/C14H25N3/c1-11(2)7-8-15-9-12-10-17(6)16-13(12)14(3,4)5/h7,10,15H,8-9H2,1-6H3. The van der Waals surface area contributed by atoms with Crippen LogP contribution in [0.4, 0.5) is 0 Å². The van der Waals surface area contributed by atoms with Gasteiger partial charge in [-0.2, -0.15) is 5.10 Å². The zero-order valence-electron chi connectivity index (χ0n) is 12.0. The van der Waals surface area contributed by atoms with E-state index in [2.05, 4.69) is 57.3 Å². The van der Waals surface area contributed by atoms with Crippen molar-refractivity contribution in [3.8, 4) is 0 Å². The van der Waals surface area contributed by atoms with Gasteiger partial charge in [0.25, 0.3) is 0 Å². The minimum atomic E-state index is 0.106. The molecule has 1 aromatic rings. The fraction of sp³-hybridized carbons (Fsp3) is 0.643. The molecule has 0 aromatic carbocycles. The van der Waals surface area contributed by atoms with Crippen LogP contribution >= 0.6 is 0 Å². The highest BCUT2D eigenvalue weighted by molar-refractivity contribution is 5.23. The first-order valence-corrected chi connectivity index (χ1v) is 6.18. The number of nitrogens with zero attached hydrogens (tertiary/aromatic N) is 2. The molecule has 0 aliphatic rings. The van der Waals surface area contributed by atoms with Gasteiger partial charge in [-0.25, -0.2) is 0 Å². The summed E-state index contributed by atoms with van der Waals surface area (Å²) in [5.74, 6) is 0. The Morgan fingerprint density at radius 3 is 2.59 bits per heavy atom. The Balaban J connectivity index is 2.68. The highest BCUT2D eigenvalue weighted by Crippen LogP contribution is 2.23. The van der Waals surface area contributed by atoms with Crippen LogP contribution in [0, 0.1) is 0 Å². The van der Waals surface area contributed by atoms with Gasteiger partial charge in [0.2, 0.25) is 0 Å². The third kappa shape index (κ3) is 4.35. The number of aryl methyl sites for hydroxylation is 1. The Morgan fingerprint density at radius 1 is 1.41 bits per heavy atom. The molecule has 0 aliphatic carbocycles. The Bertz CT molecular complexity index is 390. The van der Waals surface area contributed by atoms with Crippen molar-refractivity contribution < 1.29 is 0 Å². The summed E-state index contributed by atoms with van der Waals surface area (Å²) in [5.41, 5.74) is 3.93. The molecule has 0 fully saturated rings. The van der Waals surface area contributed by atoms with Crippen LogP contribution in [0.1, 0.15) is 45.9 Å². The van der Waals surface area contributed by atoms with Crippen molar-refractivity contribution in [3.05, 3.63) is 29.1 Å². The summed E-state index contributed by atoms with van der Waals surface area (Å²) >= 11 is 0. The second kappa shape index (κ2) is 5.50. The van der Waals surface area contributed by atoms with Crippen molar-refractivity contribution in [1.82, 2.24) is 15.1 Å². The predicted octanol–water partition coefficient (Wildman–Crippen LogP) is 2.77. The van der Waals surface area contributed by atoms with Gasteiger partial charge in [0.1, 0.15) is 0 Å². The molecular weight excluding hydrogens is 210 g/mol. The van der Waals surface area contributed by atoms with Crippen molar-refractivity contribution in [2.75, 3.05) is 6.54 Å². The van der Waals surface area contributed by atoms with Crippen molar-refractivity contribution in [1.29, 1.82) is 0 Å². The summed E-state index contributed by atoms with van der Waals surface area (Å²) in [6, 6.07) is 0. The molecule has 3 heteroatoms. The van der Waals surface area contributed by atoms with Gasteiger partial charge in [-0.05, 0) is 13.8 Å². The molecule has 0 saturated heterocycles. The van der Waals surface area contributed by atoms with Crippen molar-refractivity contribution in [2.24, 2.45) is 7.05 Å². The van der Waals surface area contributed by atoms with Crippen LogP contribution in [0.3, 0.4) is 0 Å². The molecule has 17 heavy (non-hydrogen) atoms. The van der Waals surface area contributed by atoms with Crippen LogP contribution in [-0.2, 0) is 19.0 Å². The van der Waals surface area contributed by atoms with Gasteiger partial charge < -0.3 is 5.32 Å². The maximum Gasteiger partial charge on any atom is 0.0722 e. The van der Waals surface area contributed by atoms with E-state index in [0.29, 0.717) is 0 Å². The minimum absolute atomic E-state index is 0.106. The maximum atomic E-state index is 4.56. The summed E-state index contributed by atoms with van der Waals surface area (Å²) < 4.78 is 1.90. The lowest BCUT2D eigenvalue weighted by Gasteiger charge is -2.17. The smallest absolute Gasteiger partial charge is 0.0722 e. The molecule has 0 radical (unpaired) electrons. The average Bonchev–Trinajstić information content (AvgIpc) is 2.53. The second-order valence-corrected chi connectivity index (χ2v) is 5.84. The highest BCUT2D eigenvalue weighted by Gasteiger charge is 2.21. The van der Waals surface area contributed by atoms with E-state index in [9.17, 15) is 0 Å². The van der Waals surface area contributed by atoms with Crippen LogP contribution in [0.15, 0.2) is 17.8 Å². The van der Waals surface area contributed by atoms with E-state index >= 15 is 0 Å². The van der Waals surface area contributed by atoms with Gasteiger partial charge in [-0.1, -0.05) is 32.4 Å². The van der Waals surface area contributed by atoms with Crippen molar-refractivity contribution >= 4 is 0 Å². The number of hydrogen-bond donors (Lipinski definition) is 1. The molecule has 1 rings (SSSR count). The van der Waals surface area contributed by atoms with E-state index in [1.165, 1.54) is 16.8 Å². The third-order valence-electron chi connectivity index (χ3n) is 2.59. The average molecular weight is 235 g/mol. The molecule has 0 amide bonds. The molecule has 0 unspecified atom stereocenters. The van der Waals surface area contributed by atoms with Crippen LogP contribution in [0.2, 0.25) is 0 Å². The van der Waals surface area contributed by atoms with E-state index in [0.717, 1.165) is 13.1 Å². The predicted molar refractivity (Wildman–Crippen MR) is 73.0 cm³/mol. The highest BCUT2D eigenvalue weighted by atomic mass is 15.3. The summed E-state index contributed by atoms with van der Waals surface area (Å²) in [6.07, 6.45) is 4.31. The van der Waals surface area contributed by atoms with Crippen LogP contribution in [0.25, 0.3) is 0 Å². The molecule has 1 N–H and O–H groups in total. The largest absolute Gasteiger partial charge is 0.309 e. The monoisotopic (exact) mass is 235 g/mol. The molecule has 96 valence electrons. The third-order valence-corrected chi connectivity index (χ3v) is 2.59. The Hall–Kier alpha value is -1.09. The van der Waals surface area contributed by atoms with Gasteiger partial charge in [-0.3, -0.25) is 4.68 Å². The SMILES string of the molecule is CC(C)=CCNCc1cn(C)nc1C(C)(C)C. The molecule has 0 bridgehead atoms. The van der Waals surface area contributed by atoms with Gasteiger partial charge in [-0.15, -0.1) is 0 Å². The number of hydrogen-bond acceptors (Lipinski definition) is 2. The molecule has 3 nitrogen and oxygen atoms in total. The molecule has 1 heterocycles. The van der Waals surface area contributed by atoms with Crippen molar-refractivity contribution in [2.45, 2.75) is 46.6 Å². The van der Waals surface area contributed by atoms with Gasteiger partial charge in [0, 0.05) is 37.3 Å². The number of allylic oxidation sites excluding steroid dienone is 1. The molecule has 0 aliphatic heterocycles. The van der Waals surface area contributed by atoms with Gasteiger partial charge in [0.05, 0.1) is 5.69 Å². The normalized spacial score (nSPS) is 11.6. The Labute approximate surface area is 105 Å². The first-order valence-electron chi connectivity index (χ1n) is 6.18. The lowest BCUT2D eigenvalue weighted by molar-refractivity contribution is 0.545. The molecular formula is C14H25N3. The Morgan fingerprint density at radius 2 is 2.06 bits per heavy atom. The Kier molecular flexibility index (Phi) is 4.52. The van der Waals surface area contributed by atoms with Crippen LogP contribution in [0.5, 0.6) is 0 Å². The second-order valence-electron chi connectivity index (χ2n) is 5.84. The lowest BCUT2D eigenvalue weighted by atomic mass is 9.89. The maximum absolute atomic E-state index is 4.56. The van der Waals surface area contributed by atoms with Crippen LogP contribution < -0.4 is 5.32 Å². The topological polar surface area (TPSA) is 29.9 Å². The summed E-state index contributed by atoms with van der Waals surface area (Å²) in [6.45, 7) is 12.6. The van der Waals surface area contributed by atoms with E-state index in [1.807, 2.05) is 11.7 Å². The van der Waals surface area contributed by atoms with Crippen LogP contribution in [-0.4, -0.2) is 16.3 Å². The number of nitrogens with one attached hydrogen (secondary N) is 1.